The van der Waals surface area contributed by atoms with Crippen LogP contribution in [0.1, 0.15) is 17.4 Å². The number of rotatable bonds is 6. The number of aromatic nitrogens is 1. The second-order valence-corrected chi connectivity index (χ2v) is 5.76. The average Bonchev–Trinajstić information content (AvgIpc) is 2.68. The van der Waals surface area contributed by atoms with Gasteiger partial charge in [-0.05, 0) is 6.07 Å². The predicted octanol–water partition coefficient (Wildman–Crippen LogP) is -0.907. The fourth-order valence-corrected chi connectivity index (χ4v) is 3.20. The van der Waals surface area contributed by atoms with Crippen molar-refractivity contribution >= 4 is 15.9 Å². The number of hydrogen-bond acceptors (Lipinski definition) is 4. The summed E-state index contributed by atoms with van der Waals surface area (Å²) in [6, 6.07) is 1.27. The maximum atomic E-state index is 12.2. The molecule has 0 bridgehead atoms. The maximum Gasteiger partial charge on any atom is 0.265 e. The number of hydrogen-bond donors (Lipinski definition) is 2. The first kappa shape index (κ1) is 14.7. The summed E-state index contributed by atoms with van der Waals surface area (Å²) >= 11 is 0. The molecular weight excluding hydrogens is 256 g/mol. The van der Waals surface area contributed by atoms with Gasteiger partial charge >= 0.3 is 0 Å². The van der Waals surface area contributed by atoms with Crippen LogP contribution in [-0.4, -0.2) is 42.8 Å². The van der Waals surface area contributed by atoms with Gasteiger partial charge in [-0.25, -0.2) is 8.42 Å². The van der Waals surface area contributed by atoms with Gasteiger partial charge in [-0.3, -0.25) is 4.79 Å². The van der Waals surface area contributed by atoms with Crippen LogP contribution >= 0.6 is 0 Å². The Hall–Kier alpha value is -1.38. The number of carbonyl (C=O) groups excluding carboxylic acids is 1. The van der Waals surface area contributed by atoms with Crippen LogP contribution < -0.4 is 11.5 Å². The Bertz CT molecular complexity index is 535. The van der Waals surface area contributed by atoms with Gasteiger partial charge in [0, 0.05) is 32.9 Å². The van der Waals surface area contributed by atoms with E-state index in [1.807, 2.05) is 0 Å². The molecule has 18 heavy (non-hydrogen) atoms. The van der Waals surface area contributed by atoms with Gasteiger partial charge in [0.25, 0.3) is 5.91 Å². The van der Waals surface area contributed by atoms with E-state index in [-0.39, 0.29) is 23.7 Å². The van der Waals surface area contributed by atoms with Gasteiger partial charge < -0.3 is 16.0 Å². The van der Waals surface area contributed by atoms with Crippen molar-refractivity contribution in [3.05, 3.63) is 18.0 Å². The Morgan fingerprint density at radius 3 is 2.50 bits per heavy atom. The summed E-state index contributed by atoms with van der Waals surface area (Å²) < 4.78 is 27.1. The van der Waals surface area contributed by atoms with Crippen molar-refractivity contribution in [3.63, 3.8) is 0 Å². The second-order valence-electron chi connectivity index (χ2n) is 3.82. The van der Waals surface area contributed by atoms with Crippen molar-refractivity contribution < 1.29 is 13.2 Å². The monoisotopic (exact) mass is 274 g/mol. The number of likely N-dealkylation sites (N-methyl/N-ethyl adjacent to an activating group) is 1. The summed E-state index contributed by atoms with van der Waals surface area (Å²) in [5.41, 5.74) is 10.7. The minimum Gasteiger partial charge on any atom is -0.364 e. The van der Waals surface area contributed by atoms with Crippen LogP contribution in [0.4, 0.5) is 0 Å². The van der Waals surface area contributed by atoms with Crippen LogP contribution in [0.2, 0.25) is 0 Å². The Morgan fingerprint density at radius 1 is 1.50 bits per heavy atom. The summed E-state index contributed by atoms with van der Waals surface area (Å²) in [6.45, 7) is 2.52. The van der Waals surface area contributed by atoms with E-state index in [4.69, 9.17) is 11.5 Å². The number of nitrogens with two attached hydrogens (primary N) is 2. The molecule has 1 aromatic heterocycles. The lowest BCUT2D eigenvalue weighted by molar-refractivity contribution is 0.0992. The minimum absolute atomic E-state index is 0.0501. The first-order valence-electron chi connectivity index (χ1n) is 5.51. The van der Waals surface area contributed by atoms with Gasteiger partial charge in [0.1, 0.15) is 10.6 Å². The lowest BCUT2D eigenvalue weighted by atomic mass is 10.4. The molecule has 1 rings (SSSR count). The van der Waals surface area contributed by atoms with E-state index in [1.54, 1.807) is 14.0 Å². The predicted molar refractivity (Wildman–Crippen MR) is 67.4 cm³/mol. The van der Waals surface area contributed by atoms with Crippen molar-refractivity contribution in [1.29, 1.82) is 0 Å². The molecule has 0 fully saturated rings. The van der Waals surface area contributed by atoms with Crippen LogP contribution in [0.25, 0.3) is 0 Å². The Balaban J connectivity index is 3.20. The summed E-state index contributed by atoms with van der Waals surface area (Å²) in [5.74, 6) is -0.666. The van der Waals surface area contributed by atoms with Crippen LogP contribution in [0.3, 0.4) is 0 Å². The molecule has 0 unspecified atom stereocenters. The highest BCUT2D eigenvalue weighted by molar-refractivity contribution is 7.89. The third kappa shape index (κ3) is 2.71. The van der Waals surface area contributed by atoms with E-state index in [2.05, 4.69) is 0 Å². The third-order valence-corrected chi connectivity index (χ3v) is 4.54. The number of carbonyl (C=O) groups is 1. The molecular formula is C10H18N4O3S. The average molecular weight is 274 g/mol. The van der Waals surface area contributed by atoms with Crippen molar-refractivity contribution in [3.8, 4) is 0 Å². The molecule has 0 aliphatic carbocycles. The van der Waals surface area contributed by atoms with Crippen LogP contribution in [0.15, 0.2) is 17.2 Å². The highest BCUT2D eigenvalue weighted by Crippen LogP contribution is 2.17. The third-order valence-electron chi connectivity index (χ3n) is 2.60. The van der Waals surface area contributed by atoms with E-state index in [0.29, 0.717) is 6.54 Å². The quantitative estimate of drug-likeness (QED) is 0.699. The number of amides is 1. The highest BCUT2D eigenvalue weighted by atomic mass is 32.2. The van der Waals surface area contributed by atoms with Gasteiger partial charge in [-0.2, -0.15) is 4.31 Å². The molecule has 0 spiro atoms. The second kappa shape index (κ2) is 5.51. The van der Waals surface area contributed by atoms with E-state index in [0.717, 1.165) is 0 Å². The van der Waals surface area contributed by atoms with E-state index >= 15 is 0 Å². The number of primary amides is 1. The molecule has 7 nitrogen and oxygen atoms in total. The molecule has 0 aliphatic heterocycles. The molecule has 4 N–H and O–H groups in total. The Labute approximate surface area is 106 Å². The summed E-state index contributed by atoms with van der Waals surface area (Å²) in [6.07, 6.45) is 1.37. The molecule has 0 saturated carbocycles. The fourth-order valence-electron chi connectivity index (χ4n) is 1.66. The van der Waals surface area contributed by atoms with E-state index in [9.17, 15) is 13.2 Å². The van der Waals surface area contributed by atoms with E-state index in [1.165, 1.54) is 21.1 Å². The standard InChI is InChI=1S/C10H18N4O3S/c1-3-14(5-4-11)18(16,17)8-6-9(10(12)15)13(2)7-8/h6-7H,3-5,11H2,1-2H3,(H2,12,15). The highest BCUT2D eigenvalue weighted by Gasteiger charge is 2.25. The molecule has 0 saturated heterocycles. The first-order valence-corrected chi connectivity index (χ1v) is 6.95. The van der Waals surface area contributed by atoms with E-state index < -0.39 is 15.9 Å². The molecule has 1 aromatic rings. The molecule has 0 atom stereocenters. The van der Waals surface area contributed by atoms with Gasteiger partial charge in [0.05, 0.1) is 0 Å². The lowest BCUT2D eigenvalue weighted by Crippen LogP contribution is -2.35. The molecule has 1 amide bonds. The van der Waals surface area contributed by atoms with Crippen molar-refractivity contribution in [1.82, 2.24) is 8.87 Å². The SMILES string of the molecule is CCN(CCN)S(=O)(=O)c1cc(C(N)=O)n(C)c1. The van der Waals surface area contributed by atoms with Crippen molar-refractivity contribution in [2.45, 2.75) is 11.8 Å². The molecule has 0 aromatic carbocycles. The number of sulfonamides is 1. The van der Waals surface area contributed by atoms with Gasteiger partial charge in [-0.15, -0.1) is 0 Å². The van der Waals surface area contributed by atoms with Crippen molar-refractivity contribution in [2.75, 3.05) is 19.6 Å². The molecule has 8 heteroatoms. The van der Waals surface area contributed by atoms with Crippen molar-refractivity contribution in [2.24, 2.45) is 18.5 Å². The maximum absolute atomic E-state index is 12.2. The van der Waals surface area contributed by atoms with Crippen LogP contribution in [0.5, 0.6) is 0 Å². The summed E-state index contributed by atoms with van der Waals surface area (Å²) in [4.78, 5) is 11.2. The van der Waals surface area contributed by atoms with Gasteiger partial charge in [0.2, 0.25) is 10.0 Å². The molecule has 0 aliphatic rings. The van der Waals surface area contributed by atoms with Crippen LogP contribution in [0, 0.1) is 0 Å². The fraction of sp³-hybridized carbons (Fsp3) is 0.500. The zero-order chi connectivity index (χ0) is 13.9. The minimum atomic E-state index is -3.62. The summed E-state index contributed by atoms with van der Waals surface area (Å²) in [7, 11) is -2.06. The largest absolute Gasteiger partial charge is 0.364 e. The molecule has 1 heterocycles. The van der Waals surface area contributed by atoms with Gasteiger partial charge in [-0.1, -0.05) is 6.92 Å². The smallest absolute Gasteiger partial charge is 0.265 e. The zero-order valence-corrected chi connectivity index (χ0v) is 11.3. The number of aryl methyl sites for hydroxylation is 1. The molecule has 0 radical (unpaired) electrons. The number of nitrogens with zero attached hydrogens (tertiary/aromatic N) is 2. The van der Waals surface area contributed by atoms with Gasteiger partial charge in [0.15, 0.2) is 0 Å². The topological polar surface area (TPSA) is 111 Å². The molecule has 102 valence electrons. The first-order chi connectivity index (χ1) is 8.34. The lowest BCUT2D eigenvalue weighted by Gasteiger charge is -2.18. The normalized spacial score (nSPS) is 12.0. The zero-order valence-electron chi connectivity index (χ0n) is 10.5. The van der Waals surface area contributed by atoms with Crippen LogP contribution in [-0.2, 0) is 17.1 Å². The Kier molecular flexibility index (Phi) is 4.49. The Morgan fingerprint density at radius 2 is 2.11 bits per heavy atom. The summed E-state index contributed by atoms with van der Waals surface area (Å²) in [5, 5.41) is 0.